The standard InChI is InChI=1S/C32H36N6O5.C6H4ClNO/c1-31(2,3)42-29(39)37-17-22(16-34-37)20-11-13-24(14-12-20)38(30(40)43-32(4,5)6)28-25-18-41-19-26(25)35-27(36-28)21-9-8-10-23(15-21)33-7;7-6-1-5(4-9)2-8-3-6/h8-17,33H,18-19H2,1-7H3;1-4H. The Bertz CT molecular complexity index is 2070. The molecule has 0 saturated carbocycles. The molecule has 3 aromatic heterocycles. The molecule has 0 spiro atoms. The highest BCUT2D eigenvalue weighted by Crippen LogP contribution is 2.36. The first kappa shape index (κ1) is 37.6. The largest absolute Gasteiger partial charge is 0.443 e. The highest BCUT2D eigenvalue weighted by molar-refractivity contribution is 6.30. The summed E-state index contributed by atoms with van der Waals surface area (Å²) in [5.41, 5.74) is 4.31. The van der Waals surface area contributed by atoms with Crippen LogP contribution in [0.4, 0.5) is 26.8 Å². The molecule has 0 bridgehead atoms. The lowest BCUT2D eigenvalue weighted by molar-refractivity contribution is 0.0513. The number of benzene rings is 2. The minimum atomic E-state index is -0.748. The summed E-state index contributed by atoms with van der Waals surface area (Å²) in [6.07, 6.45) is 5.69. The average Bonchev–Trinajstić information content (AvgIpc) is 3.78. The van der Waals surface area contributed by atoms with Crippen molar-refractivity contribution >= 4 is 47.3 Å². The van der Waals surface area contributed by atoms with Gasteiger partial charge < -0.3 is 19.5 Å². The van der Waals surface area contributed by atoms with Gasteiger partial charge in [-0.25, -0.2) is 24.5 Å². The summed E-state index contributed by atoms with van der Waals surface area (Å²) in [7, 11) is 1.85. The van der Waals surface area contributed by atoms with Gasteiger partial charge in [-0.1, -0.05) is 35.9 Å². The highest BCUT2D eigenvalue weighted by Gasteiger charge is 2.32. The summed E-state index contributed by atoms with van der Waals surface area (Å²) in [5.74, 6) is 0.864. The van der Waals surface area contributed by atoms with Crippen molar-refractivity contribution < 1.29 is 28.6 Å². The van der Waals surface area contributed by atoms with Crippen molar-refractivity contribution in [1.29, 1.82) is 0 Å². The van der Waals surface area contributed by atoms with E-state index in [1.807, 2.05) is 64.2 Å². The Kier molecular flexibility index (Phi) is 11.4. The van der Waals surface area contributed by atoms with Crippen LogP contribution in [0.15, 0.2) is 79.4 Å². The summed E-state index contributed by atoms with van der Waals surface area (Å²) in [4.78, 5) is 51.1. The fraction of sp³-hybridized carbons (Fsp3) is 0.289. The predicted molar refractivity (Wildman–Crippen MR) is 198 cm³/mol. The van der Waals surface area contributed by atoms with Crippen LogP contribution in [0.3, 0.4) is 0 Å². The second-order valence-electron chi connectivity index (χ2n) is 13.7. The zero-order chi connectivity index (χ0) is 37.6. The van der Waals surface area contributed by atoms with E-state index < -0.39 is 23.4 Å². The number of amides is 1. The van der Waals surface area contributed by atoms with E-state index in [9.17, 15) is 14.4 Å². The molecule has 1 amide bonds. The van der Waals surface area contributed by atoms with Crippen LogP contribution in [-0.4, -0.2) is 61.5 Å². The van der Waals surface area contributed by atoms with E-state index in [0.29, 0.717) is 46.4 Å². The van der Waals surface area contributed by atoms with Gasteiger partial charge in [-0.2, -0.15) is 9.78 Å². The van der Waals surface area contributed by atoms with Crippen LogP contribution in [-0.2, 0) is 27.4 Å². The predicted octanol–water partition coefficient (Wildman–Crippen LogP) is 8.48. The molecule has 270 valence electrons. The number of hydrogen-bond donors (Lipinski definition) is 1. The number of carbonyl (C=O) groups is 3. The van der Waals surface area contributed by atoms with Crippen LogP contribution in [0.2, 0.25) is 5.02 Å². The van der Waals surface area contributed by atoms with Gasteiger partial charge in [0.15, 0.2) is 17.9 Å². The lowest BCUT2D eigenvalue weighted by Gasteiger charge is -2.28. The van der Waals surface area contributed by atoms with Gasteiger partial charge in [0.1, 0.15) is 11.2 Å². The van der Waals surface area contributed by atoms with Crippen LogP contribution in [0.1, 0.15) is 63.2 Å². The number of carbonyl (C=O) groups excluding carboxylic acids is 3. The van der Waals surface area contributed by atoms with E-state index in [1.165, 1.54) is 17.3 Å². The second kappa shape index (κ2) is 15.7. The van der Waals surface area contributed by atoms with Crippen LogP contribution < -0.4 is 10.2 Å². The Morgan fingerprint density at radius 1 is 0.904 bits per heavy atom. The number of aldehydes is 1. The maximum atomic E-state index is 13.8. The average molecular weight is 726 g/mol. The number of nitrogens with zero attached hydrogens (tertiary/aromatic N) is 6. The molecule has 0 saturated heterocycles. The van der Waals surface area contributed by atoms with Crippen LogP contribution in [0.5, 0.6) is 0 Å². The maximum Gasteiger partial charge on any atom is 0.435 e. The monoisotopic (exact) mass is 725 g/mol. The number of fused-ring (bicyclic) bond motifs is 1. The molecular formula is C38H40ClN7O6. The molecule has 0 unspecified atom stereocenters. The molecule has 0 aliphatic carbocycles. The number of anilines is 3. The van der Waals surface area contributed by atoms with Gasteiger partial charge in [0.2, 0.25) is 0 Å². The minimum absolute atomic E-state index is 0.267. The molecule has 4 heterocycles. The SMILES string of the molecule is CNc1cccc(-c2nc3c(c(N(C(=O)OC(C)(C)C)c4ccc(-c5cnn(C(=O)OC(C)(C)C)c5)cc4)n2)COC3)c1.O=Cc1cncc(Cl)c1. The quantitative estimate of drug-likeness (QED) is 0.168. The summed E-state index contributed by atoms with van der Waals surface area (Å²) >= 11 is 5.50. The lowest BCUT2D eigenvalue weighted by Crippen LogP contribution is -2.35. The third-order valence-corrected chi connectivity index (χ3v) is 7.44. The van der Waals surface area contributed by atoms with E-state index in [1.54, 1.807) is 51.4 Å². The van der Waals surface area contributed by atoms with E-state index >= 15 is 0 Å². The Morgan fingerprint density at radius 3 is 2.27 bits per heavy atom. The first-order valence-electron chi connectivity index (χ1n) is 16.4. The van der Waals surface area contributed by atoms with Crippen LogP contribution >= 0.6 is 11.6 Å². The third-order valence-electron chi connectivity index (χ3n) is 7.24. The van der Waals surface area contributed by atoms with Gasteiger partial charge in [-0.15, -0.1) is 0 Å². The van der Waals surface area contributed by atoms with Crippen molar-refractivity contribution in [1.82, 2.24) is 24.7 Å². The van der Waals surface area contributed by atoms with Crippen molar-refractivity contribution in [2.45, 2.75) is 66.0 Å². The van der Waals surface area contributed by atoms with E-state index in [-0.39, 0.29) is 6.61 Å². The minimum Gasteiger partial charge on any atom is -0.443 e. The maximum absolute atomic E-state index is 13.8. The van der Waals surface area contributed by atoms with Crippen molar-refractivity contribution in [2.75, 3.05) is 17.3 Å². The molecule has 52 heavy (non-hydrogen) atoms. The Morgan fingerprint density at radius 2 is 1.63 bits per heavy atom. The zero-order valence-corrected chi connectivity index (χ0v) is 30.8. The molecule has 6 rings (SSSR count). The molecule has 5 aromatic rings. The summed E-state index contributed by atoms with van der Waals surface area (Å²) in [5, 5.41) is 7.78. The normalized spacial score (nSPS) is 12.2. The van der Waals surface area contributed by atoms with Crippen molar-refractivity contribution in [3.63, 3.8) is 0 Å². The molecule has 1 aliphatic rings. The second-order valence-corrected chi connectivity index (χ2v) is 14.1. The molecule has 2 aromatic carbocycles. The summed E-state index contributed by atoms with van der Waals surface area (Å²) in [6, 6.07) is 16.6. The van der Waals surface area contributed by atoms with E-state index in [0.717, 1.165) is 32.8 Å². The zero-order valence-electron chi connectivity index (χ0n) is 30.0. The lowest BCUT2D eigenvalue weighted by atomic mass is 10.1. The molecular weight excluding hydrogens is 686 g/mol. The number of rotatable bonds is 6. The van der Waals surface area contributed by atoms with Gasteiger partial charge in [-0.05, 0) is 77.4 Å². The van der Waals surface area contributed by atoms with Crippen molar-refractivity contribution in [3.05, 3.63) is 101 Å². The van der Waals surface area contributed by atoms with Gasteiger partial charge in [0, 0.05) is 53.6 Å². The molecule has 14 heteroatoms. The summed E-state index contributed by atoms with van der Waals surface area (Å²) < 4.78 is 18.2. The van der Waals surface area contributed by atoms with Gasteiger partial charge in [0.25, 0.3) is 0 Å². The number of aromatic nitrogens is 5. The number of nitrogens with one attached hydrogen (secondary N) is 1. The Labute approximate surface area is 306 Å². The smallest absolute Gasteiger partial charge is 0.435 e. The van der Waals surface area contributed by atoms with Crippen molar-refractivity contribution in [3.8, 4) is 22.5 Å². The third kappa shape index (κ3) is 9.56. The first-order valence-corrected chi connectivity index (χ1v) is 16.7. The first-order chi connectivity index (χ1) is 24.6. The molecule has 0 atom stereocenters. The molecule has 0 radical (unpaired) electrons. The number of pyridine rings is 1. The Balaban J connectivity index is 0.000000507. The van der Waals surface area contributed by atoms with Gasteiger partial charge in [-0.3, -0.25) is 9.78 Å². The van der Waals surface area contributed by atoms with E-state index in [4.69, 9.17) is 35.8 Å². The molecule has 0 fully saturated rings. The van der Waals surface area contributed by atoms with E-state index in [2.05, 4.69) is 15.4 Å². The molecule has 13 nitrogen and oxygen atoms in total. The van der Waals surface area contributed by atoms with Crippen LogP contribution in [0.25, 0.3) is 22.5 Å². The molecule has 1 aliphatic heterocycles. The molecule has 1 N–H and O–H groups in total. The Hall–Kier alpha value is -5.66. The number of hydrogen-bond acceptors (Lipinski definition) is 11. The fourth-order valence-electron chi connectivity index (χ4n) is 4.96. The highest BCUT2D eigenvalue weighted by atomic mass is 35.5. The van der Waals surface area contributed by atoms with Crippen LogP contribution in [0, 0.1) is 0 Å². The van der Waals surface area contributed by atoms with Gasteiger partial charge in [0.05, 0.1) is 35.8 Å². The number of ether oxygens (including phenoxy) is 3. The fourth-order valence-corrected chi connectivity index (χ4v) is 5.14. The summed E-state index contributed by atoms with van der Waals surface area (Å²) in [6.45, 7) is 11.4. The van der Waals surface area contributed by atoms with Crippen molar-refractivity contribution in [2.24, 2.45) is 0 Å². The number of halogens is 1. The topological polar surface area (TPSA) is 151 Å². The van der Waals surface area contributed by atoms with Gasteiger partial charge >= 0.3 is 12.2 Å².